The highest BCUT2D eigenvalue weighted by atomic mass is 79.9. The van der Waals surface area contributed by atoms with Crippen LogP contribution in [0, 0.1) is 5.92 Å². The Bertz CT molecular complexity index is 783. The molecule has 0 heterocycles. The molecule has 1 aliphatic rings. The van der Waals surface area contributed by atoms with Gasteiger partial charge >= 0.3 is 0 Å². The van der Waals surface area contributed by atoms with Gasteiger partial charge in [-0.3, -0.25) is 9.59 Å². The number of benzene rings is 2. The van der Waals surface area contributed by atoms with Crippen LogP contribution in [0.3, 0.4) is 0 Å². The highest BCUT2D eigenvalue weighted by Crippen LogP contribution is 2.36. The first-order chi connectivity index (χ1) is 13.0. The lowest BCUT2D eigenvalue weighted by Gasteiger charge is -2.28. The Morgan fingerprint density at radius 2 is 1.67 bits per heavy atom. The summed E-state index contributed by atoms with van der Waals surface area (Å²) < 4.78 is 0.998. The van der Waals surface area contributed by atoms with Crippen LogP contribution in [0.1, 0.15) is 66.8 Å². The fourth-order valence-electron chi connectivity index (χ4n) is 3.94. The van der Waals surface area contributed by atoms with Crippen LogP contribution < -0.4 is 0 Å². The van der Waals surface area contributed by atoms with Crippen LogP contribution in [-0.2, 0) is 4.79 Å². The van der Waals surface area contributed by atoms with Gasteiger partial charge < -0.3 is 0 Å². The number of hydrogen-bond donors (Lipinski definition) is 0. The zero-order valence-electron chi connectivity index (χ0n) is 15.3. The normalized spacial score (nSPS) is 19.2. The van der Waals surface area contributed by atoms with Gasteiger partial charge in [0, 0.05) is 39.7 Å². The van der Waals surface area contributed by atoms with E-state index in [1.807, 2.05) is 24.3 Å². The zero-order chi connectivity index (χ0) is 19.2. The number of ketones is 2. The van der Waals surface area contributed by atoms with Crippen LogP contribution in [0.5, 0.6) is 0 Å². The van der Waals surface area contributed by atoms with Crippen molar-refractivity contribution >= 4 is 39.1 Å². The van der Waals surface area contributed by atoms with Gasteiger partial charge in [0.05, 0.1) is 0 Å². The molecule has 1 saturated carbocycles. The van der Waals surface area contributed by atoms with Crippen LogP contribution in [0.15, 0.2) is 53.0 Å². The quantitative estimate of drug-likeness (QED) is 0.462. The maximum Gasteiger partial charge on any atom is 0.163 e. The summed E-state index contributed by atoms with van der Waals surface area (Å²) in [4.78, 5) is 25.8. The monoisotopic (exact) mass is 446 g/mol. The molecule has 2 aromatic carbocycles. The summed E-state index contributed by atoms with van der Waals surface area (Å²) in [5, 5.41) is 0.617. The molecule has 0 amide bonds. The molecule has 2 atom stereocenters. The van der Waals surface area contributed by atoms with Crippen molar-refractivity contribution < 1.29 is 9.59 Å². The van der Waals surface area contributed by atoms with Gasteiger partial charge in [-0.15, -0.1) is 0 Å². The number of halogens is 2. The van der Waals surface area contributed by atoms with Crippen LogP contribution in [0.4, 0.5) is 0 Å². The summed E-state index contributed by atoms with van der Waals surface area (Å²) in [6, 6.07) is 15.1. The first-order valence-electron chi connectivity index (χ1n) is 9.61. The summed E-state index contributed by atoms with van der Waals surface area (Å²) in [7, 11) is 0. The van der Waals surface area contributed by atoms with E-state index in [1.54, 1.807) is 24.3 Å². The van der Waals surface area contributed by atoms with E-state index in [0.29, 0.717) is 29.2 Å². The van der Waals surface area contributed by atoms with E-state index in [2.05, 4.69) is 15.9 Å². The number of rotatable bonds is 5. The standard InChI is InChI=1S/C23H24BrClO2/c24-18-11-7-16(8-12-18)21(20-5-3-1-2-4-6-22(20)26)15-23(27)17-9-13-19(25)14-10-17/h7-14,20-21H,1-6,15H2/t20-,21+/m1/s1. The smallest absolute Gasteiger partial charge is 0.163 e. The molecule has 1 fully saturated rings. The summed E-state index contributed by atoms with van der Waals surface area (Å²) in [6.07, 6.45) is 6.17. The highest BCUT2D eigenvalue weighted by Gasteiger charge is 2.31. The Labute approximate surface area is 174 Å². The molecule has 27 heavy (non-hydrogen) atoms. The van der Waals surface area contributed by atoms with Crippen molar-refractivity contribution in [2.45, 2.75) is 50.9 Å². The predicted molar refractivity (Wildman–Crippen MR) is 113 cm³/mol. The van der Waals surface area contributed by atoms with Crippen molar-refractivity contribution in [2.75, 3.05) is 0 Å². The molecule has 1 aliphatic carbocycles. The summed E-state index contributed by atoms with van der Waals surface area (Å²) in [5.74, 6) is 0.218. The van der Waals surface area contributed by atoms with Crippen molar-refractivity contribution in [2.24, 2.45) is 5.92 Å². The minimum Gasteiger partial charge on any atom is -0.299 e. The molecule has 2 aromatic rings. The molecule has 2 nitrogen and oxygen atoms in total. The fraction of sp³-hybridized carbons (Fsp3) is 0.391. The molecule has 0 radical (unpaired) electrons. The molecule has 0 spiro atoms. The Morgan fingerprint density at radius 3 is 2.37 bits per heavy atom. The first kappa shape index (κ1) is 20.3. The highest BCUT2D eigenvalue weighted by molar-refractivity contribution is 9.10. The van der Waals surface area contributed by atoms with Gasteiger partial charge in [0.1, 0.15) is 5.78 Å². The van der Waals surface area contributed by atoms with Crippen LogP contribution in [-0.4, -0.2) is 11.6 Å². The topological polar surface area (TPSA) is 34.1 Å². The van der Waals surface area contributed by atoms with Gasteiger partial charge in [0.15, 0.2) is 5.78 Å². The lowest BCUT2D eigenvalue weighted by Crippen LogP contribution is -2.26. The number of carbonyl (C=O) groups excluding carboxylic acids is 2. The predicted octanol–water partition coefficient (Wildman–Crippen LogP) is 7.00. The molecular formula is C23H24BrClO2. The second kappa shape index (κ2) is 9.66. The molecule has 3 rings (SSSR count). The Balaban J connectivity index is 1.88. The maximum absolute atomic E-state index is 12.9. The SMILES string of the molecule is O=C(C[C@@H](c1ccc(Br)cc1)[C@H]1CCCCCCC1=O)c1ccc(Cl)cc1. The third-order valence-corrected chi connectivity index (χ3v) is 6.24. The molecule has 0 aromatic heterocycles. The average Bonchev–Trinajstić information content (AvgIpc) is 2.65. The van der Waals surface area contributed by atoms with Gasteiger partial charge in [-0.2, -0.15) is 0 Å². The largest absolute Gasteiger partial charge is 0.299 e. The van der Waals surface area contributed by atoms with Gasteiger partial charge in [-0.25, -0.2) is 0 Å². The van der Waals surface area contributed by atoms with E-state index in [4.69, 9.17) is 11.6 Å². The second-order valence-electron chi connectivity index (χ2n) is 7.32. The third kappa shape index (κ3) is 5.52. The number of hydrogen-bond acceptors (Lipinski definition) is 2. The summed E-state index contributed by atoms with van der Waals surface area (Å²) >= 11 is 9.42. The minimum atomic E-state index is -0.0808. The van der Waals surface area contributed by atoms with E-state index >= 15 is 0 Å². The third-order valence-electron chi connectivity index (χ3n) is 5.46. The molecule has 0 bridgehead atoms. The van der Waals surface area contributed by atoms with E-state index < -0.39 is 0 Å². The first-order valence-corrected chi connectivity index (χ1v) is 10.8. The molecule has 0 N–H and O–H groups in total. The van der Waals surface area contributed by atoms with Gasteiger partial charge in [-0.1, -0.05) is 58.9 Å². The van der Waals surface area contributed by atoms with Gasteiger partial charge in [0.25, 0.3) is 0 Å². The Morgan fingerprint density at radius 1 is 1.00 bits per heavy atom. The average molecular weight is 448 g/mol. The van der Waals surface area contributed by atoms with Crippen molar-refractivity contribution in [1.29, 1.82) is 0 Å². The van der Waals surface area contributed by atoms with E-state index in [0.717, 1.165) is 35.7 Å². The van der Waals surface area contributed by atoms with E-state index in [1.165, 1.54) is 6.42 Å². The molecule has 142 valence electrons. The van der Waals surface area contributed by atoms with Crippen molar-refractivity contribution in [3.8, 4) is 0 Å². The van der Waals surface area contributed by atoms with Crippen molar-refractivity contribution in [3.63, 3.8) is 0 Å². The molecule has 0 aliphatic heterocycles. The van der Waals surface area contributed by atoms with Gasteiger partial charge in [0.2, 0.25) is 0 Å². The van der Waals surface area contributed by atoms with E-state index in [-0.39, 0.29) is 17.6 Å². The zero-order valence-corrected chi connectivity index (χ0v) is 17.6. The number of carbonyl (C=O) groups is 2. The summed E-state index contributed by atoms with van der Waals surface area (Å²) in [5.41, 5.74) is 1.72. The van der Waals surface area contributed by atoms with Crippen LogP contribution in [0.2, 0.25) is 5.02 Å². The lowest BCUT2D eigenvalue weighted by molar-refractivity contribution is -0.124. The molecule has 0 unspecified atom stereocenters. The van der Waals surface area contributed by atoms with Crippen molar-refractivity contribution in [3.05, 3.63) is 69.2 Å². The van der Waals surface area contributed by atoms with Crippen LogP contribution >= 0.6 is 27.5 Å². The lowest BCUT2D eigenvalue weighted by atomic mass is 9.75. The second-order valence-corrected chi connectivity index (χ2v) is 8.67. The minimum absolute atomic E-state index is 0.0643. The van der Waals surface area contributed by atoms with Crippen molar-refractivity contribution in [1.82, 2.24) is 0 Å². The Kier molecular flexibility index (Phi) is 7.26. The summed E-state index contributed by atoms with van der Waals surface area (Å²) in [6.45, 7) is 0. The van der Waals surface area contributed by atoms with Gasteiger partial charge in [-0.05, 0) is 54.8 Å². The fourth-order valence-corrected chi connectivity index (χ4v) is 4.34. The molecular weight excluding hydrogens is 424 g/mol. The molecule has 4 heteroatoms. The number of Topliss-reactive ketones (excluding diaryl/α,β-unsaturated/α-hetero) is 2. The van der Waals surface area contributed by atoms with E-state index in [9.17, 15) is 9.59 Å². The Hall–Kier alpha value is -1.45. The maximum atomic E-state index is 12.9. The van der Waals surface area contributed by atoms with Crippen LogP contribution in [0.25, 0.3) is 0 Å². The molecule has 0 saturated heterocycles.